The van der Waals surface area contributed by atoms with Crippen LogP contribution in [0.15, 0.2) is 0 Å². The quantitative estimate of drug-likeness (QED) is 0.597. The molecule has 0 saturated carbocycles. The highest BCUT2D eigenvalue weighted by molar-refractivity contribution is 5.76. The van der Waals surface area contributed by atoms with Gasteiger partial charge in [0, 0.05) is 6.42 Å². The average Bonchev–Trinajstić information content (AvgIpc) is 1.86. The van der Waals surface area contributed by atoms with E-state index in [1.54, 1.807) is 0 Å². The Morgan fingerprint density at radius 1 is 1.70 bits per heavy atom. The van der Waals surface area contributed by atoms with Crippen molar-refractivity contribution in [3.05, 3.63) is 0 Å². The van der Waals surface area contributed by atoms with Crippen LogP contribution < -0.4 is 0 Å². The van der Waals surface area contributed by atoms with Crippen molar-refractivity contribution in [2.24, 2.45) is 5.92 Å². The van der Waals surface area contributed by atoms with Gasteiger partial charge in [0.05, 0.1) is 12.0 Å². The van der Waals surface area contributed by atoms with Crippen LogP contribution in [0, 0.1) is 17.2 Å². The summed E-state index contributed by atoms with van der Waals surface area (Å²) in [7, 11) is 0. The lowest BCUT2D eigenvalue weighted by Gasteiger charge is -2.02. The zero-order valence-electron chi connectivity index (χ0n) is 6.55. The van der Waals surface area contributed by atoms with Gasteiger partial charge in [-0.1, -0.05) is 13.3 Å². The molecule has 0 spiro atoms. The number of rotatable bonds is 4. The van der Waals surface area contributed by atoms with E-state index in [-0.39, 0.29) is 11.7 Å². The Balaban J connectivity index is 3.63. The normalized spacial score (nSPS) is 12.1. The number of ketones is 1. The first kappa shape index (κ1) is 9.16. The lowest BCUT2D eigenvalue weighted by Crippen LogP contribution is -2.02. The molecule has 0 amide bonds. The fourth-order valence-corrected chi connectivity index (χ4v) is 0.908. The van der Waals surface area contributed by atoms with Crippen molar-refractivity contribution in [1.29, 1.82) is 5.26 Å². The summed E-state index contributed by atoms with van der Waals surface area (Å²) in [6.07, 6.45) is 2.24. The summed E-state index contributed by atoms with van der Waals surface area (Å²) < 4.78 is 0. The predicted molar refractivity (Wildman–Crippen MR) is 39.3 cm³/mol. The van der Waals surface area contributed by atoms with E-state index in [9.17, 15) is 4.79 Å². The predicted octanol–water partition coefficient (Wildman–Crippen LogP) is 1.91. The largest absolute Gasteiger partial charge is 0.300 e. The van der Waals surface area contributed by atoms with Crippen molar-refractivity contribution < 1.29 is 4.79 Å². The molecule has 0 aliphatic carbocycles. The molecule has 0 heterocycles. The summed E-state index contributed by atoms with van der Waals surface area (Å²) in [5.41, 5.74) is 0. The van der Waals surface area contributed by atoms with Crippen LogP contribution in [0.5, 0.6) is 0 Å². The number of Topliss-reactive ketones (excluding diaryl/α,β-unsaturated/α-hetero) is 1. The van der Waals surface area contributed by atoms with Crippen molar-refractivity contribution in [2.45, 2.75) is 33.1 Å². The van der Waals surface area contributed by atoms with Crippen molar-refractivity contribution in [2.75, 3.05) is 0 Å². The van der Waals surface area contributed by atoms with Gasteiger partial charge in [-0.2, -0.15) is 5.26 Å². The first-order valence-corrected chi connectivity index (χ1v) is 3.59. The van der Waals surface area contributed by atoms with E-state index in [0.717, 1.165) is 12.8 Å². The molecular weight excluding hydrogens is 126 g/mol. The maximum absolute atomic E-state index is 10.5. The van der Waals surface area contributed by atoms with Gasteiger partial charge in [-0.15, -0.1) is 0 Å². The van der Waals surface area contributed by atoms with Gasteiger partial charge in [-0.05, 0) is 13.3 Å². The maximum atomic E-state index is 10.5. The molecule has 0 saturated heterocycles. The summed E-state index contributed by atoms with van der Waals surface area (Å²) in [4.78, 5) is 10.5. The lowest BCUT2D eigenvalue weighted by molar-refractivity contribution is -0.117. The molecule has 0 aromatic heterocycles. The number of hydrogen-bond acceptors (Lipinski definition) is 2. The highest BCUT2D eigenvalue weighted by atomic mass is 16.1. The maximum Gasteiger partial charge on any atom is 0.131 e. The summed E-state index contributed by atoms with van der Waals surface area (Å²) in [6.45, 7) is 3.55. The van der Waals surface area contributed by atoms with Crippen LogP contribution in [0.2, 0.25) is 0 Å². The summed E-state index contributed by atoms with van der Waals surface area (Å²) in [5.74, 6) is 0.0579. The van der Waals surface area contributed by atoms with Gasteiger partial charge in [0.15, 0.2) is 0 Å². The monoisotopic (exact) mass is 139 g/mol. The minimum absolute atomic E-state index is 0.0532. The smallest absolute Gasteiger partial charge is 0.131 e. The van der Waals surface area contributed by atoms with Gasteiger partial charge in [-0.3, -0.25) is 4.79 Å². The Hall–Kier alpha value is -0.840. The molecule has 56 valence electrons. The fourth-order valence-electron chi connectivity index (χ4n) is 0.908. The Kier molecular flexibility index (Phi) is 4.57. The molecule has 0 fully saturated rings. The molecular formula is C8H13NO. The van der Waals surface area contributed by atoms with Gasteiger partial charge in [0.2, 0.25) is 0 Å². The second-order valence-electron chi connectivity index (χ2n) is 2.52. The Labute approximate surface area is 61.8 Å². The van der Waals surface area contributed by atoms with Crippen molar-refractivity contribution >= 4 is 5.78 Å². The van der Waals surface area contributed by atoms with Gasteiger partial charge < -0.3 is 0 Å². The summed E-state index contributed by atoms with van der Waals surface area (Å²) in [5, 5.41) is 8.50. The van der Waals surface area contributed by atoms with E-state index >= 15 is 0 Å². The van der Waals surface area contributed by atoms with Crippen LogP contribution in [0.1, 0.15) is 33.1 Å². The summed E-state index contributed by atoms with van der Waals surface area (Å²) in [6, 6.07) is 2.11. The van der Waals surface area contributed by atoms with Gasteiger partial charge in [0.1, 0.15) is 5.78 Å². The SMILES string of the molecule is CCCC(C#N)CC(C)=O. The minimum Gasteiger partial charge on any atom is -0.300 e. The fraction of sp³-hybridized carbons (Fsp3) is 0.750. The van der Waals surface area contributed by atoms with E-state index in [0.29, 0.717) is 6.42 Å². The third kappa shape index (κ3) is 4.08. The molecule has 0 N–H and O–H groups in total. The molecule has 0 aliphatic rings. The molecule has 2 nitrogen and oxygen atoms in total. The van der Waals surface area contributed by atoms with Crippen LogP contribution in [0.25, 0.3) is 0 Å². The van der Waals surface area contributed by atoms with Crippen LogP contribution >= 0.6 is 0 Å². The van der Waals surface area contributed by atoms with Crippen LogP contribution in [-0.2, 0) is 4.79 Å². The summed E-state index contributed by atoms with van der Waals surface area (Å²) >= 11 is 0. The van der Waals surface area contributed by atoms with E-state index in [1.807, 2.05) is 6.92 Å². The third-order valence-corrected chi connectivity index (χ3v) is 1.35. The zero-order chi connectivity index (χ0) is 7.98. The second kappa shape index (κ2) is 4.99. The molecule has 1 unspecified atom stereocenters. The van der Waals surface area contributed by atoms with Crippen LogP contribution in [0.3, 0.4) is 0 Å². The number of nitriles is 1. The molecule has 0 aromatic rings. The number of hydrogen-bond donors (Lipinski definition) is 0. The van der Waals surface area contributed by atoms with Gasteiger partial charge in [-0.25, -0.2) is 0 Å². The van der Waals surface area contributed by atoms with Crippen molar-refractivity contribution in [3.8, 4) is 6.07 Å². The van der Waals surface area contributed by atoms with Crippen LogP contribution in [0.4, 0.5) is 0 Å². The topological polar surface area (TPSA) is 40.9 Å². The molecule has 1 atom stereocenters. The highest BCUT2D eigenvalue weighted by Gasteiger charge is 2.07. The van der Waals surface area contributed by atoms with E-state index in [4.69, 9.17) is 5.26 Å². The third-order valence-electron chi connectivity index (χ3n) is 1.35. The van der Waals surface area contributed by atoms with E-state index < -0.39 is 0 Å². The van der Waals surface area contributed by atoms with Gasteiger partial charge in [0.25, 0.3) is 0 Å². The average molecular weight is 139 g/mol. The first-order chi connectivity index (χ1) is 4.70. The van der Waals surface area contributed by atoms with Crippen molar-refractivity contribution in [1.82, 2.24) is 0 Å². The zero-order valence-corrected chi connectivity index (χ0v) is 6.55. The number of carbonyl (C=O) groups excluding carboxylic acids is 1. The van der Waals surface area contributed by atoms with E-state index in [2.05, 4.69) is 6.07 Å². The molecule has 0 bridgehead atoms. The molecule has 0 aliphatic heterocycles. The van der Waals surface area contributed by atoms with Gasteiger partial charge >= 0.3 is 0 Å². The minimum atomic E-state index is -0.0532. The van der Waals surface area contributed by atoms with E-state index in [1.165, 1.54) is 6.92 Å². The molecule has 0 aromatic carbocycles. The first-order valence-electron chi connectivity index (χ1n) is 3.59. The number of nitrogens with zero attached hydrogens (tertiary/aromatic N) is 1. The Bertz CT molecular complexity index is 146. The lowest BCUT2D eigenvalue weighted by atomic mass is 10.00. The van der Waals surface area contributed by atoms with Crippen LogP contribution in [-0.4, -0.2) is 5.78 Å². The number of carbonyl (C=O) groups is 1. The molecule has 0 radical (unpaired) electrons. The standard InChI is InChI=1S/C8H13NO/c1-3-4-8(6-9)5-7(2)10/h8H,3-5H2,1-2H3. The molecule has 0 rings (SSSR count). The Morgan fingerprint density at radius 3 is 2.60 bits per heavy atom. The second-order valence-corrected chi connectivity index (χ2v) is 2.52. The Morgan fingerprint density at radius 2 is 2.30 bits per heavy atom. The van der Waals surface area contributed by atoms with Crippen molar-refractivity contribution in [3.63, 3.8) is 0 Å². The molecule has 2 heteroatoms. The molecule has 10 heavy (non-hydrogen) atoms. The highest BCUT2D eigenvalue weighted by Crippen LogP contribution is 2.09.